The lowest BCUT2D eigenvalue weighted by atomic mass is 9.92. The number of halogens is 1. The first-order valence-corrected chi connectivity index (χ1v) is 5.84. The Morgan fingerprint density at radius 2 is 2.05 bits per heavy atom. The molecular formula is C13H15FN4O. The van der Waals surface area contributed by atoms with Gasteiger partial charge in [0, 0.05) is 23.4 Å². The molecule has 2 aromatic rings. The highest BCUT2D eigenvalue weighted by Crippen LogP contribution is 2.22. The largest absolute Gasteiger partial charge is 0.305 e. The molecule has 0 aromatic carbocycles. The summed E-state index contributed by atoms with van der Waals surface area (Å²) in [5, 5.41) is 9.45. The third-order valence-corrected chi connectivity index (χ3v) is 2.59. The zero-order valence-corrected chi connectivity index (χ0v) is 11.0. The number of carbonyl (C=O) groups excluding carboxylic acids is 1. The molecule has 0 bridgehead atoms. The zero-order chi connectivity index (χ0) is 14.0. The quantitative estimate of drug-likeness (QED) is 0.873. The fourth-order valence-electron chi connectivity index (χ4n) is 1.49. The third-order valence-electron chi connectivity index (χ3n) is 2.59. The summed E-state index contributed by atoms with van der Waals surface area (Å²) in [7, 11) is 0. The van der Waals surface area contributed by atoms with E-state index in [1.807, 2.05) is 20.8 Å². The van der Waals surface area contributed by atoms with E-state index in [1.54, 1.807) is 6.07 Å². The van der Waals surface area contributed by atoms with Crippen molar-refractivity contribution in [3.63, 3.8) is 0 Å². The molecule has 1 amide bonds. The number of amides is 1. The van der Waals surface area contributed by atoms with Gasteiger partial charge >= 0.3 is 0 Å². The minimum Gasteiger partial charge on any atom is -0.305 e. The molecule has 2 aromatic heterocycles. The van der Waals surface area contributed by atoms with Crippen LogP contribution in [0.4, 0.5) is 10.2 Å². The molecule has 2 heterocycles. The number of carbonyl (C=O) groups is 1. The van der Waals surface area contributed by atoms with Gasteiger partial charge in [0.1, 0.15) is 5.82 Å². The first-order chi connectivity index (χ1) is 8.86. The second-order valence-electron chi connectivity index (χ2n) is 5.26. The summed E-state index contributed by atoms with van der Waals surface area (Å²) in [6.07, 6.45) is 2.35. The minimum atomic E-state index is -0.551. The Kier molecular flexibility index (Phi) is 3.33. The molecule has 0 saturated carbocycles. The van der Waals surface area contributed by atoms with Gasteiger partial charge in [-0.2, -0.15) is 5.10 Å². The lowest BCUT2D eigenvalue weighted by molar-refractivity contribution is 0.102. The Balaban J connectivity index is 2.13. The Morgan fingerprint density at radius 1 is 1.32 bits per heavy atom. The first kappa shape index (κ1) is 13.2. The highest BCUT2D eigenvalue weighted by atomic mass is 19.1. The first-order valence-electron chi connectivity index (χ1n) is 5.84. The van der Waals surface area contributed by atoms with E-state index in [1.165, 1.54) is 6.20 Å². The van der Waals surface area contributed by atoms with E-state index in [0.717, 1.165) is 18.0 Å². The van der Waals surface area contributed by atoms with Gasteiger partial charge in [-0.15, -0.1) is 0 Å². The summed E-state index contributed by atoms with van der Waals surface area (Å²) in [6.45, 7) is 6.09. The van der Waals surface area contributed by atoms with Crippen LogP contribution in [0.2, 0.25) is 0 Å². The van der Waals surface area contributed by atoms with Crippen molar-refractivity contribution in [1.29, 1.82) is 0 Å². The molecule has 0 atom stereocenters. The Hall–Kier alpha value is -2.24. The van der Waals surface area contributed by atoms with Crippen molar-refractivity contribution in [3.05, 3.63) is 41.6 Å². The van der Waals surface area contributed by atoms with Crippen molar-refractivity contribution in [2.24, 2.45) is 0 Å². The number of nitrogens with zero attached hydrogens (tertiary/aromatic N) is 2. The van der Waals surface area contributed by atoms with E-state index in [9.17, 15) is 9.18 Å². The maximum absolute atomic E-state index is 13.0. The average Bonchev–Trinajstić information content (AvgIpc) is 2.77. The van der Waals surface area contributed by atoms with Crippen molar-refractivity contribution >= 4 is 11.7 Å². The number of aromatic amines is 1. The van der Waals surface area contributed by atoms with Gasteiger partial charge in [-0.25, -0.2) is 4.39 Å². The van der Waals surface area contributed by atoms with Crippen LogP contribution >= 0.6 is 0 Å². The molecule has 6 heteroatoms. The lowest BCUT2D eigenvalue weighted by Crippen LogP contribution is -2.13. The highest BCUT2D eigenvalue weighted by molar-refractivity contribution is 6.03. The SMILES string of the molecule is CC(C)(C)c1cc(NC(=O)c2cncc(F)c2)n[nH]1. The summed E-state index contributed by atoms with van der Waals surface area (Å²) in [4.78, 5) is 15.5. The molecule has 0 spiro atoms. The molecule has 5 nitrogen and oxygen atoms in total. The van der Waals surface area contributed by atoms with Crippen LogP contribution in [0.25, 0.3) is 0 Å². The number of anilines is 1. The summed E-state index contributed by atoms with van der Waals surface area (Å²) >= 11 is 0. The van der Waals surface area contributed by atoms with Crippen molar-refractivity contribution in [2.75, 3.05) is 5.32 Å². The fourth-order valence-corrected chi connectivity index (χ4v) is 1.49. The van der Waals surface area contributed by atoms with E-state index >= 15 is 0 Å². The van der Waals surface area contributed by atoms with Crippen LogP contribution in [0.3, 0.4) is 0 Å². The molecule has 100 valence electrons. The molecule has 0 saturated heterocycles. The van der Waals surface area contributed by atoms with Gasteiger partial charge in [0.15, 0.2) is 5.82 Å². The van der Waals surface area contributed by atoms with Crippen LogP contribution in [0.15, 0.2) is 24.5 Å². The second-order valence-corrected chi connectivity index (χ2v) is 5.26. The van der Waals surface area contributed by atoms with Crippen LogP contribution in [0.5, 0.6) is 0 Å². The van der Waals surface area contributed by atoms with Crippen LogP contribution in [0, 0.1) is 5.82 Å². The van der Waals surface area contributed by atoms with Gasteiger partial charge < -0.3 is 5.32 Å². The number of hydrogen-bond acceptors (Lipinski definition) is 3. The monoisotopic (exact) mass is 262 g/mol. The van der Waals surface area contributed by atoms with Crippen LogP contribution in [-0.2, 0) is 5.41 Å². The smallest absolute Gasteiger partial charge is 0.258 e. The predicted molar refractivity (Wildman–Crippen MR) is 69.4 cm³/mol. The standard InChI is InChI=1S/C13H15FN4O/c1-13(2,3)10-5-11(18-17-10)16-12(19)8-4-9(14)7-15-6-8/h4-7H,1-3H3,(H2,16,17,18,19). The van der Waals surface area contributed by atoms with Crippen molar-refractivity contribution < 1.29 is 9.18 Å². The fraction of sp³-hybridized carbons (Fsp3) is 0.308. The number of rotatable bonds is 2. The Bertz CT molecular complexity index is 601. The predicted octanol–water partition coefficient (Wildman–Crippen LogP) is 2.49. The van der Waals surface area contributed by atoms with Crippen LogP contribution < -0.4 is 5.32 Å². The Morgan fingerprint density at radius 3 is 2.63 bits per heavy atom. The van der Waals surface area contributed by atoms with E-state index in [-0.39, 0.29) is 11.0 Å². The zero-order valence-electron chi connectivity index (χ0n) is 11.0. The molecule has 0 aliphatic carbocycles. The van der Waals surface area contributed by atoms with E-state index in [4.69, 9.17) is 0 Å². The van der Waals surface area contributed by atoms with Gasteiger partial charge in [-0.05, 0) is 6.07 Å². The van der Waals surface area contributed by atoms with Crippen molar-refractivity contribution in [2.45, 2.75) is 26.2 Å². The summed E-state index contributed by atoms with van der Waals surface area (Å²) < 4.78 is 13.0. The van der Waals surface area contributed by atoms with Gasteiger partial charge in [0.2, 0.25) is 0 Å². The number of nitrogens with one attached hydrogen (secondary N) is 2. The molecule has 2 N–H and O–H groups in total. The molecule has 0 aliphatic rings. The average molecular weight is 262 g/mol. The van der Waals surface area contributed by atoms with E-state index in [2.05, 4.69) is 20.5 Å². The highest BCUT2D eigenvalue weighted by Gasteiger charge is 2.17. The van der Waals surface area contributed by atoms with E-state index in [0.29, 0.717) is 5.82 Å². The van der Waals surface area contributed by atoms with E-state index < -0.39 is 11.7 Å². The van der Waals surface area contributed by atoms with Gasteiger partial charge in [-0.1, -0.05) is 20.8 Å². The van der Waals surface area contributed by atoms with Crippen molar-refractivity contribution in [1.82, 2.24) is 15.2 Å². The number of hydrogen-bond donors (Lipinski definition) is 2. The van der Waals surface area contributed by atoms with Gasteiger partial charge in [0.05, 0.1) is 11.8 Å². The molecular weight excluding hydrogens is 247 g/mol. The number of H-pyrrole nitrogens is 1. The maximum atomic E-state index is 13.0. The molecule has 0 radical (unpaired) electrons. The topological polar surface area (TPSA) is 70.7 Å². The summed E-state index contributed by atoms with van der Waals surface area (Å²) in [5.74, 6) is -0.594. The number of pyridine rings is 1. The summed E-state index contributed by atoms with van der Waals surface area (Å²) in [5.41, 5.74) is 0.969. The summed E-state index contributed by atoms with van der Waals surface area (Å²) in [6, 6.07) is 2.88. The van der Waals surface area contributed by atoms with Crippen LogP contribution in [-0.4, -0.2) is 21.1 Å². The van der Waals surface area contributed by atoms with Crippen molar-refractivity contribution in [3.8, 4) is 0 Å². The normalized spacial score (nSPS) is 11.4. The molecule has 0 aliphatic heterocycles. The third kappa shape index (κ3) is 3.15. The second kappa shape index (κ2) is 4.79. The van der Waals surface area contributed by atoms with Gasteiger partial charge in [0.25, 0.3) is 5.91 Å². The van der Waals surface area contributed by atoms with Gasteiger partial charge in [-0.3, -0.25) is 14.9 Å². The van der Waals surface area contributed by atoms with Crippen LogP contribution in [0.1, 0.15) is 36.8 Å². The molecule has 2 rings (SSSR count). The number of aromatic nitrogens is 3. The maximum Gasteiger partial charge on any atom is 0.258 e. The molecule has 19 heavy (non-hydrogen) atoms. The molecule has 0 unspecified atom stereocenters. The Labute approximate surface area is 110 Å². The molecule has 0 fully saturated rings. The lowest BCUT2D eigenvalue weighted by Gasteiger charge is -2.14. The minimum absolute atomic E-state index is 0.0869.